The van der Waals surface area contributed by atoms with Gasteiger partial charge in [0.2, 0.25) is 0 Å². The molecule has 0 amide bonds. The van der Waals surface area contributed by atoms with Gasteiger partial charge >= 0.3 is 5.97 Å². The summed E-state index contributed by atoms with van der Waals surface area (Å²) in [7, 11) is 0. The Bertz CT molecular complexity index is 599. The van der Waals surface area contributed by atoms with Gasteiger partial charge in [0.25, 0.3) is 0 Å². The summed E-state index contributed by atoms with van der Waals surface area (Å²) in [6.45, 7) is 0. The van der Waals surface area contributed by atoms with Crippen LogP contribution in [0.15, 0.2) is 36.7 Å². The van der Waals surface area contributed by atoms with Crippen molar-refractivity contribution >= 4 is 17.6 Å². The first-order valence-electron chi connectivity index (χ1n) is 5.38. The minimum Gasteiger partial charge on any atom is -0.479 e. The molecule has 0 spiro atoms. The van der Waals surface area contributed by atoms with Gasteiger partial charge in [-0.1, -0.05) is 17.7 Å². The molecule has 2 atom stereocenters. The number of aliphatic hydroxyl groups is 2. The number of aliphatic hydroxyl groups excluding tert-OH is 2. The Labute approximate surface area is 113 Å². The Balaban J connectivity index is 2.26. The highest BCUT2D eigenvalue weighted by Crippen LogP contribution is 2.19. The summed E-state index contributed by atoms with van der Waals surface area (Å²) in [6.07, 6.45) is -0.706. The first kappa shape index (κ1) is 13.5. The number of hydrogen-bond donors (Lipinski definition) is 3. The summed E-state index contributed by atoms with van der Waals surface area (Å²) < 4.78 is 1.43. The molecule has 100 valence electrons. The number of hydrogen-bond acceptors (Lipinski definition) is 4. The van der Waals surface area contributed by atoms with Crippen LogP contribution < -0.4 is 0 Å². The highest BCUT2D eigenvalue weighted by Gasteiger charge is 2.26. The summed E-state index contributed by atoms with van der Waals surface area (Å²) in [5.74, 6) is -1.50. The van der Waals surface area contributed by atoms with Crippen LogP contribution in [0.5, 0.6) is 0 Å². The molecular weight excluding hydrogens is 272 g/mol. The molecule has 0 saturated heterocycles. The van der Waals surface area contributed by atoms with Gasteiger partial charge in [0, 0.05) is 16.8 Å². The zero-order valence-corrected chi connectivity index (χ0v) is 10.4. The molecule has 0 aliphatic carbocycles. The molecule has 0 aliphatic heterocycles. The Morgan fingerprint density at radius 1 is 1.37 bits per heavy atom. The van der Waals surface area contributed by atoms with Gasteiger partial charge in [-0.2, -0.15) is 5.10 Å². The standard InChI is InChI=1S/C12H11ClN2O4/c13-8-2-1-3-9(4-8)15-6-7(5-14-15)10(16)11(17)12(18)19/h1-6,10-11,16-17H,(H,18,19). The molecule has 0 radical (unpaired) electrons. The fourth-order valence-electron chi connectivity index (χ4n) is 1.57. The molecule has 3 N–H and O–H groups in total. The van der Waals surface area contributed by atoms with Crippen molar-refractivity contribution < 1.29 is 20.1 Å². The van der Waals surface area contributed by atoms with Crippen LogP contribution in [-0.4, -0.2) is 37.2 Å². The van der Waals surface area contributed by atoms with E-state index in [4.69, 9.17) is 16.7 Å². The summed E-state index contributed by atoms with van der Waals surface area (Å²) in [5, 5.41) is 32.1. The lowest BCUT2D eigenvalue weighted by Crippen LogP contribution is -2.27. The smallest absolute Gasteiger partial charge is 0.335 e. The van der Waals surface area contributed by atoms with E-state index < -0.39 is 18.2 Å². The predicted octanol–water partition coefficient (Wildman–Crippen LogP) is 1.00. The van der Waals surface area contributed by atoms with Gasteiger partial charge in [0.1, 0.15) is 6.10 Å². The van der Waals surface area contributed by atoms with Crippen LogP contribution in [0.3, 0.4) is 0 Å². The van der Waals surface area contributed by atoms with Crippen molar-refractivity contribution in [2.75, 3.05) is 0 Å². The van der Waals surface area contributed by atoms with Gasteiger partial charge in [-0.05, 0) is 18.2 Å². The molecule has 7 heteroatoms. The second kappa shape index (κ2) is 5.40. The van der Waals surface area contributed by atoms with Gasteiger partial charge in [0.15, 0.2) is 6.10 Å². The van der Waals surface area contributed by atoms with Crippen molar-refractivity contribution in [2.45, 2.75) is 12.2 Å². The Kier molecular flexibility index (Phi) is 3.84. The average Bonchev–Trinajstić information content (AvgIpc) is 2.86. The Morgan fingerprint density at radius 3 is 2.74 bits per heavy atom. The van der Waals surface area contributed by atoms with E-state index in [9.17, 15) is 15.0 Å². The monoisotopic (exact) mass is 282 g/mol. The second-order valence-electron chi connectivity index (χ2n) is 3.93. The van der Waals surface area contributed by atoms with E-state index in [1.807, 2.05) is 0 Å². The molecule has 1 aromatic heterocycles. The average molecular weight is 283 g/mol. The third-order valence-electron chi connectivity index (χ3n) is 2.57. The second-order valence-corrected chi connectivity index (χ2v) is 4.36. The van der Waals surface area contributed by atoms with E-state index in [2.05, 4.69) is 5.10 Å². The van der Waals surface area contributed by atoms with Gasteiger partial charge in [-0.15, -0.1) is 0 Å². The number of nitrogens with zero attached hydrogens (tertiary/aromatic N) is 2. The fourth-order valence-corrected chi connectivity index (χ4v) is 1.75. The number of carboxylic acid groups (broad SMARTS) is 1. The number of aromatic nitrogens is 2. The molecule has 2 unspecified atom stereocenters. The van der Waals surface area contributed by atoms with Crippen LogP contribution >= 0.6 is 11.6 Å². The summed E-state index contributed by atoms with van der Waals surface area (Å²) in [6, 6.07) is 6.86. The first-order chi connectivity index (χ1) is 8.99. The largest absolute Gasteiger partial charge is 0.479 e. The quantitative estimate of drug-likeness (QED) is 0.778. The van der Waals surface area contributed by atoms with E-state index in [-0.39, 0.29) is 5.56 Å². The summed E-state index contributed by atoms with van der Waals surface area (Å²) in [5.41, 5.74) is 0.866. The van der Waals surface area contributed by atoms with E-state index in [1.54, 1.807) is 24.3 Å². The highest BCUT2D eigenvalue weighted by atomic mass is 35.5. The number of carboxylic acids is 1. The zero-order valence-electron chi connectivity index (χ0n) is 9.64. The van der Waals surface area contributed by atoms with Gasteiger partial charge in [0.05, 0.1) is 11.9 Å². The zero-order chi connectivity index (χ0) is 14.0. The molecule has 1 aromatic carbocycles. The van der Waals surface area contributed by atoms with Crippen molar-refractivity contribution in [1.82, 2.24) is 9.78 Å². The maximum absolute atomic E-state index is 10.6. The third-order valence-corrected chi connectivity index (χ3v) is 2.80. The molecule has 6 nitrogen and oxygen atoms in total. The highest BCUT2D eigenvalue weighted by molar-refractivity contribution is 6.30. The Hall–Kier alpha value is -1.89. The van der Waals surface area contributed by atoms with Crippen molar-refractivity contribution in [1.29, 1.82) is 0 Å². The van der Waals surface area contributed by atoms with E-state index in [1.165, 1.54) is 17.1 Å². The topological polar surface area (TPSA) is 95.6 Å². The molecule has 19 heavy (non-hydrogen) atoms. The van der Waals surface area contributed by atoms with E-state index >= 15 is 0 Å². The third kappa shape index (κ3) is 2.93. The van der Waals surface area contributed by atoms with Crippen molar-refractivity contribution in [3.63, 3.8) is 0 Å². The minimum atomic E-state index is -1.89. The van der Waals surface area contributed by atoms with Crippen molar-refractivity contribution in [3.8, 4) is 5.69 Å². The van der Waals surface area contributed by atoms with Gasteiger partial charge < -0.3 is 15.3 Å². The molecule has 0 fully saturated rings. The van der Waals surface area contributed by atoms with Crippen LogP contribution in [0.4, 0.5) is 0 Å². The number of halogens is 1. The molecule has 2 aromatic rings. The fraction of sp³-hybridized carbons (Fsp3) is 0.167. The maximum Gasteiger partial charge on any atom is 0.335 e. The predicted molar refractivity (Wildman–Crippen MR) is 67.2 cm³/mol. The van der Waals surface area contributed by atoms with Crippen LogP contribution in [0.1, 0.15) is 11.7 Å². The van der Waals surface area contributed by atoms with Crippen LogP contribution in [-0.2, 0) is 4.79 Å². The van der Waals surface area contributed by atoms with Crippen molar-refractivity contribution in [3.05, 3.63) is 47.2 Å². The molecule has 0 aliphatic rings. The molecule has 0 saturated carbocycles. The van der Waals surface area contributed by atoms with E-state index in [0.29, 0.717) is 10.7 Å². The molecule has 2 rings (SSSR count). The van der Waals surface area contributed by atoms with Crippen LogP contribution in [0.2, 0.25) is 5.02 Å². The van der Waals surface area contributed by atoms with E-state index in [0.717, 1.165) is 0 Å². The SMILES string of the molecule is O=C(O)C(O)C(O)c1cnn(-c2cccc(Cl)c2)c1. The minimum absolute atomic E-state index is 0.204. The van der Waals surface area contributed by atoms with Crippen LogP contribution in [0.25, 0.3) is 5.69 Å². The van der Waals surface area contributed by atoms with Crippen LogP contribution in [0, 0.1) is 0 Å². The number of benzene rings is 1. The number of aliphatic carboxylic acids is 1. The normalized spacial score (nSPS) is 14.1. The Morgan fingerprint density at radius 2 is 2.11 bits per heavy atom. The maximum atomic E-state index is 10.6. The van der Waals surface area contributed by atoms with Gasteiger partial charge in [-0.3, -0.25) is 0 Å². The lowest BCUT2D eigenvalue weighted by Gasteiger charge is -2.11. The lowest BCUT2D eigenvalue weighted by atomic mass is 10.1. The number of rotatable bonds is 4. The van der Waals surface area contributed by atoms with Gasteiger partial charge in [-0.25, -0.2) is 9.48 Å². The summed E-state index contributed by atoms with van der Waals surface area (Å²) >= 11 is 5.85. The molecule has 0 bridgehead atoms. The first-order valence-corrected chi connectivity index (χ1v) is 5.76. The molecular formula is C12H11ClN2O4. The number of carbonyl (C=O) groups is 1. The van der Waals surface area contributed by atoms with Crippen molar-refractivity contribution in [2.24, 2.45) is 0 Å². The molecule has 1 heterocycles. The lowest BCUT2D eigenvalue weighted by molar-refractivity contribution is -0.153. The summed E-state index contributed by atoms with van der Waals surface area (Å²) in [4.78, 5) is 10.6.